The van der Waals surface area contributed by atoms with E-state index in [1.807, 2.05) is 0 Å². The number of hydrogen-bond donors (Lipinski definition) is 1. The van der Waals surface area contributed by atoms with Crippen LogP contribution in [0.25, 0.3) is 0 Å². The summed E-state index contributed by atoms with van der Waals surface area (Å²) in [5, 5.41) is 3.45. The molecule has 1 rings (SSSR count). The van der Waals surface area contributed by atoms with Crippen molar-refractivity contribution in [3.05, 3.63) is 0 Å². The van der Waals surface area contributed by atoms with Gasteiger partial charge in [0, 0.05) is 6.04 Å². The molecule has 1 saturated carbocycles. The van der Waals surface area contributed by atoms with Crippen LogP contribution >= 0.6 is 0 Å². The van der Waals surface area contributed by atoms with Crippen molar-refractivity contribution in [3.8, 4) is 0 Å². The maximum absolute atomic E-state index is 11.7. The molecular formula is C13H27NO2S. The highest BCUT2D eigenvalue weighted by atomic mass is 32.2. The molecule has 102 valence electrons. The van der Waals surface area contributed by atoms with Gasteiger partial charge in [-0.1, -0.05) is 26.7 Å². The molecule has 0 spiro atoms. The molecule has 0 saturated heterocycles. The second-order valence-corrected chi connectivity index (χ2v) is 7.93. The van der Waals surface area contributed by atoms with Gasteiger partial charge in [-0.3, -0.25) is 0 Å². The molecule has 0 radical (unpaired) electrons. The van der Waals surface area contributed by atoms with Crippen LogP contribution in [-0.2, 0) is 9.84 Å². The first kappa shape index (κ1) is 15.0. The summed E-state index contributed by atoms with van der Waals surface area (Å²) < 4.78 is 23.4. The Balaban J connectivity index is 2.07. The molecule has 1 aliphatic rings. The van der Waals surface area contributed by atoms with Crippen molar-refractivity contribution in [1.82, 2.24) is 5.32 Å². The fourth-order valence-electron chi connectivity index (χ4n) is 2.25. The zero-order valence-corrected chi connectivity index (χ0v) is 12.1. The lowest BCUT2D eigenvalue weighted by atomic mass is 10.2. The fraction of sp³-hybridized carbons (Fsp3) is 1.00. The third-order valence-electron chi connectivity index (χ3n) is 3.43. The largest absolute Gasteiger partial charge is 0.314 e. The van der Waals surface area contributed by atoms with Crippen molar-refractivity contribution in [3.63, 3.8) is 0 Å². The minimum absolute atomic E-state index is 0.347. The van der Waals surface area contributed by atoms with Gasteiger partial charge in [0.15, 0.2) is 0 Å². The van der Waals surface area contributed by atoms with Crippen molar-refractivity contribution in [1.29, 1.82) is 0 Å². The zero-order chi connectivity index (χ0) is 12.7. The summed E-state index contributed by atoms with van der Waals surface area (Å²) >= 11 is 0. The molecule has 4 heteroatoms. The molecule has 0 amide bonds. The van der Waals surface area contributed by atoms with E-state index in [0.717, 1.165) is 19.4 Å². The van der Waals surface area contributed by atoms with Gasteiger partial charge in [-0.2, -0.15) is 0 Å². The summed E-state index contributed by atoms with van der Waals surface area (Å²) in [5.74, 6) is 1.18. The van der Waals surface area contributed by atoms with Crippen LogP contribution in [0.2, 0.25) is 0 Å². The lowest BCUT2D eigenvalue weighted by Gasteiger charge is -2.11. The molecule has 17 heavy (non-hydrogen) atoms. The van der Waals surface area contributed by atoms with Gasteiger partial charge in [0.2, 0.25) is 0 Å². The van der Waals surface area contributed by atoms with E-state index in [4.69, 9.17) is 0 Å². The molecule has 0 aromatic heterocycles. The summed E-state index contributed by atoms with van der Waals surface area (Å²) in [6.07, 6.45) is 6.73. The highest BCUT2D eigenvalue weighted by Gasteiger charge is 2.15. The first-order chi connectivity index (χ1) is 7.99. The average molecular weight is 261 g/mol. The molecule has 0 aliphatic heterocycles. The van der Waals surface area contributed by atoms with Crippen LogP contribution in [0.1, 0.15) is 52.4 Å². The van der Waals surface area contributed by atoms with Crippen molar-refractivity contribution < 1.29 is 8.42 Å². The molecule has 0 aromatic rings. The van der Waals surface area contributed by atoms with Gasteiger partial charge in [0.1, 0.15) is 9.84 Å². The van der Waals surface area contributed by atoms with E-state index in [1.165, 1.54) is 25.7 Å². The van der Waals surface area contributed by atoms with E-state index >= 15 is 0 Å². The first-order valence-electron chi connectivity index (χ1n) is 6.93. The summed E-state index contributed by atoms with van der Waals surface area (Å²) in [5.41, 5.74) is 0. The van der Waals surface area contributed by atoms with Crippen molar-refractivity contribution in [2.75, 3.05) is 18.1 Å². The third kappa shape index (κ3) is 7.04. The second kappa shape index (κ2) is 7.37. The molecule has 1 fully saturated rings. The normalized spacial score (nSPS) is 18.1. The predicted molar refractivity (Wildman–Crippen MR) is 73.0 cm³/mol. The molecule has 1 N–H and O–H groups in total. The average Bonchev–Trinajstić information content (AvgIpc) is 2.75. The smallest absolute Gasteiger partial charge is 0.150 e. The van der Waals surface area contributed by atoms with Gasteiger partial charge >= 0.3 is 0 Å². The lowest BCUT2D eigenvalue weighted by molar-refractivity contribution is 0.519. The molecular weight excluding hydrogens is 234 g/mol. The fourth-order valence-corrected chi connectivity index (χ4v) is 3.86. The lowest BCUT2D eigenvalue weighted by Crippen LogP contribution is -2.28. The zero-order valence-electron chi connectivity index (χ0n) is 11.2. The minimum Gasteiger partial charge on any atom is -0.314 e. The number of sulfone groups is 1. The second-order valence-electron chi connectivity index (χ2n) is 5.62. The maximum atomic E-state index is 11.7. The number of hydrogen-bond acceptors (Lipinski definition) is 3. The molecule has 1 aliphatic carbocycles. The van der Waals surface area contributed by atoms with Crippen LogP contribution in [0.3, 0.4) is 0 Å². The van der Waals surface area contributed by atoms with Crippen LogP contribution in [0.15, 0.2) is 0 Å². The van der Waals surface area contributed by atoms with Crippen LogP contribution in [0.4, 0.5) is 0 Å². The van der Waals surface area contributed by atoms with E-state index in [0.29, 0.717) is 23.5 Å². The Morgan fingerprint density at radius 1 is 1.18 bits per heavy atom. The molecule has 0 bridgehead atoms. The van der Waals surface area contributed by atoms with E-state index in [1.54, 1.807) is 0 Å². The van der Waals surface area contributed by atoms with Crippen LogP contribution in [0.5, 0.6) is 0 Å². The van der Waals surface area contributed by atoms with Crippen LogP contribution in [-0.4, -0.2) is 32.5 Å². The number of rotatable bonds is 8. The first-order valence-corrected chi connectivity index (χ1v) is 8.75. The summed E-state index contributed by atoms with van der Waals surface area (Å²) in [6, 6.07) is 0.647. The van der Waals surface area contributed by atoms with Crippen LogP contribution < -0.4 is 5.32 Å². The monoisotopic (exact) mass is 261 g/mol. The molecule has 0 heterocycles. The molecule has 0 aromatic carbocycles. The Hall–Kier alpha value is -0.0900. The Labute approximate surface area is 106 Å². The van der Waals surface area contributed by atoms with E-state index in [9.17, 15) is 8.42 Å². The van der Waals surface area contributed by atoms with Gasteiger partial charge < -0.3 is 5.32 Å². The SMILES string of the molecule is CC(C)CCS(=O)(=O)CCCNC1CCCC1. The minimum atomic E-state index is -2.81. The Morgan fingerprint density at radius 2 is 1.82 bits per heavy atom. The van der Waals surface area contributed by atoms with Gasteiger partial charge in [-0.05, 0) is 38.1 Å². The van der Waals surface area contributed by atoms with Gasteiger partial charge in [-0.25, -0.2) is 8.42 Å². The van der Waals surface area contributed by atoms with Gasteiger partial charge in [0.25, 0.3) is 0 Å². The van der Waals surface area contributed by atoms with E-state index in [-0.39, 0.29) is 0 Å². The summed E-state index contributed by atoms with van der Waals surface area (Å²) in [7, 11) is -2.81. The molecule has 3 nitrogen and oxygen atoms in total. The highest BCUT2D eigenvalue weighted by Crippen LogP contribution is 2.17. The Kier molecular flexibility index (Phi) is 6.49. The van der Waals surface area contributed by atoms with Crippen LogP contribution in [0, 0.1) is 5.92 Å². The van der Waals surface area contributed by atoms with E-state index in [2.05, 4.69) is 19.2 Å². The topological polar surface area (TPSA) is 46.2 Å². The van der Waals surface area contributed by atoms with Gasteiger partial charge in [0.05, 0.1) is 11.5 Å². The molecule has 0 atom stereocenters. The summed E-state index contributed by atoms with van der Waals surface area (Å²) in [4.78, 5) is 0. The molecule has 0 unspecified atom stereocenters. The van der Waals surface area contributed by atoms with Crippen molar-refractivity contribution >= 4 is 9.84 Å². The quantitative estimate of drug-likeness (QED) is 0.682. The summed E-state index contributed by atoms with van der Waals surface area (Å²) in [6.45, 7) is 4.99. The standard InChI is InChI=1S/C13H27NO2S/c1-12(2)8-11-17(15,16)10-5-9-14-13-6-3-4-7-13/h12-14H,3-11H2,1-2H3. The number of nitrogens with one attached hydrogen (secondary N) is 1. The van der Waals surface area contributed by atoms with Crippen molar-refractivity contribution in [2.45, 2.75) is 58.4 Å². The van der Waals surface area contributed by atoms with Crippen molar-refractivity contribution in [2.24, 2.45) is 5.92 Å². The maximum Gasteiger partial charge on any atom is 0.150 e. The predicted octanol–water partition coefficient (Wildman–Crippen LogP) is 2.37. The van der Waals surface area contributed by atoms with Gasteiger partial charge in [-0.15, -0.1) is 0 Å². The highest BCUT2D eigenvalue weighted by molar-refractivity contribution is 7.91. The third-order valence-corrected chi connectivity index (χ3v) is 5.19. The Morgan fingerprint density at radius 3 is 2.41 bits per heavy atom. The van der Waals surface area contributed by atoms with E-state index < -0.39 is 9.84 Å². The Bertz CT molecular complexity index is 293.